The molecule has 0 radical (unpaired) electrons. The molecule has 48 valence electrons. The van der Waals surface area contributed by atoms with Gasteiger partial charge in [-0.05, 0) is 6.92 Å². The fraction of sp³-hybridized carbons (Fsp3) is 0.200. The van der Waals surface area contributed by atoms with Crippen molar-refractivity contribution in [2.45, 2.75) is 6.92 Å². The van der Waals surface area contributed by atoms with Gasteiger partial charge in [-0.2, -0.15) is 0 Å². The van der Waals surface area contributed by atoms with Crippen molar-refractivity contribution in [3.8, 4) is 0 Å². The predicted octanol–water partition coefficient (Wildman–Crippen LogP) is 1.34. The Morgan fingerprint density at radius 3 is 3.11 bits per heavy atom. The summed E-state index contributed by atoms with van der Waals surface area (Å²) in [5.74, 6) is 0. The first-order chi connectivity index (χ1) is 4.34. The number of hydrogen-bond donors (Lipinski definition) is 1. The van der Waals surface area contributed by atoms with Crippen molar-refractivity contribution in [1.29, 1.82) is 0 Å². The van der Waals surface area contributed by atoms with Crippen molar-refractivity contribution in [3.63, 3.8) is 0 Å². The van der Waals surface area contributed by atoms with E-state index >= 15 is 0 Å². The first kappa shape index (κ1) is 6.22. The third-order valence-electron chi connectivity index (χ3n) is 0.953. The second kappa shape index (κ2) is 2.59. The lowest BCUT2D eigenvalue weighted by atomic mass is 10.3. The maximum Gasteiger partial charge on any atom is 0.103 e. The molecule has 0 atom stereocenters. The minimum absolute atomic E-state index is 0.552. The molecule has 0 aliphatic heterocycles. The number of rotatable bonds is 1. The standard InChI is InChI=1S/C5H6N2OS/c1-4(7-8)5-2-9-3-6-5/h2-3,8H,1H3/b7-4-. The Hall–Kier alpha value is -0.900. The summed E-state index contributed by atoms with van der Waals surface area (Å²) < 4.78 is 0. The van der Waals surface area contributed by atoms with E-state index in [1.54, 1.807) is 12.4 Å². The summed E-state index contributed by atoms with van der Waals surface area (Å²) in [6.45, 7) is 1.70. The molecular formula is C5H6N2OS. The van der Waals surface area contributed by atoms with Crippen LogP contribution in [0.2, 0.25) is 0 Å². The van der Waals surface area contributed by atoms with Crippen molar-refractivity contribution in [2.75, 3.05) is 0 Å². The van der Waals surface area contributed by atoms with E-state index in [2.05, 4.69) is 10.1 Å². The summed E-state index contributed by atoms with van der Waals surface area (Å²) in [5, 5.41) is 13.1. The van der Waals surface area contributed by atoms with Gasteiger partial charge in [0.25, 0.3) is 0 Å². The van der Waals surface area contributed by atoms with Crippen LogP contribution in [0.15, 0.2) is 16.0 Å². The van der Waals surface area contributed by atoms with Crippen LogP contribution in [0, 0.1) is 0 Å². The Kier molecular flexibility index (Phi) is 1.79. The molecule has 0 unspecified atom stereocenters. The maximum atomic E-state index is 8.26. The minimum Gasteiger partial charge on any atom is -0.411 e. The smallest absolute Gasteiger partial charge is 0.103 e. The Labute approximate surface area is 56.7 Å². The molecule has 1 aromatic rings. The van der Waals surface area contributed by atoms with Gasteiger partial charge >= 0.3 is 0 Å². The highest BCUT2D eigenvalue weighted by atomic mass is 32.1. The molecule has 0 aliphatic rings. The first-order valence-corrected chi connectivity index (χ1v) is 3.36. The normalized spacial score (nSPS) is 11.9. The highest BCUT2D eigenvalue weighted by Crippen LogP contribution is 2.01. The number of nitrogens with zero attached hydrogens (tertiary/aromatic N) is 2. The van der Waals surface area contributed by atoms with E-state index in [0.29, 0.717) is 5.71 Å². The van der Waals surface area contributed by atoms with Crippen LogP contribution in [0.25, 0.3) is 0 Å². The molecule has 1 rings (SSSR count). The Bertz CT molecular complexity index is 205. The monoisotopic (exact) mass is 142 g/mol. The molecular weight excluding hydrogens is 136 g/mol. The highest BCUT2D eigenvalue weighted by Gasteiger charge is 1.96. The summed E-state index contributed by atoms with van der Waals surface area (Å²) in [5.41, 5.74) is 2.99. The van der Waals surface area contributed by atoms with Gasteiger partial charge in [-0.15, -0.1) is 11.3 Å². The molecule has 0 aliphatic carbocycles. The molecule has 4 heteroatoms. The zero-order valence-corrected chi connectivity index (χ0v) is 5.72. The van der Waals surface area contributed by atoms with Gasteiger partial charge in [-0.1, -0.05) is 5.16 Å². The van der Waals surface area contributed by atoms with Crippen LogP contribution >= 0.6 is 11.3 Å². The molecule has 0 fully saturated rings. The first-order valence-electron chi connectivity index (χ1n) is 2.42. The molecule has 0 saturated carbocycles. The molecule has 0 spiro atoms. The van der Waals surface area contributed by atoms with Gasteiger partial charge in [0.05, 0.1) is 11.2 Å². The average molecular weight is 142 g/mol. The second-order valence-corrected chi connectivity index (χ2v) is 2.28. The molecule has 1 aromatic heterocycles. The topological polar surface area (TPSA) is 45.5 Å². The zero-order chi connectivity index (χ0) is 6.69. The summed E-state index contributed by atoms with van der Waals surface area (Å²) >= 11 is 1.48. The van der Waals surface area contributed by atoms with E-state index in [0.717, 1.165) is 5.69 Å². The van der Waals surface area contributed by atoms with Crippen molar-refractivity contribution in [1.82, 2.24) is 4.98 Å². The van der Waals surface area contributed by atoms with Crippen LogP contribution in [0.5, 0.6) is 0 Å². The van der Waals surface area contributed by atoms with Crippen molar-refractivity contribution in [3.05, 3.63) is 16.6 Å². The highest BCUT2D eigenvalue weighted by molar-refractivity contribution is 7.07. The van der Waals surface area contributed by atoms with Gasteiger partial charge in [-0.25, -0.2) is 4.98 Å². The lowest BCUT2D eigenvalue weighted by Gasteiger charge is -1.85. The summed E-state index contributed by atoms with van der Waals surface area (Å²) in [6, 6.07) is 0. The predicted molar refractivity (Wildman–Crippen MR) is 36.1 cm³/mol. The Morgan fingerprint density at radius 1 is 1.89 bits per heavy atom. The molecule has 0 bridgehead atoms. The quantitative estimate of drug-likeness (QED) is 0.365. The SMILES string of the molecule is C/C(=N/O)c1cscn1. The fourth-order valence-electron chi connectivity index (χ4n) is 0.442. The fourth-order valence-corrected chi connectivity index (χ4v) is 1.04. The summed E-state index contributed by atoms with van der Waals surface area (Å²) in [7, 11) is 0. The third kappa shape index (κ3) is 1.26. The lowest BCUT2D eigenvalue weighted by Crippen LogP contribution is -1.92. The van der Waals surface area contributed by atoms with Crippen LogP contribution in [-0.2, 0) is 0 Å². The summed E-state index contributed by atoms with van der Waals surface area (Å²) in [4.78, 5) is 3.91. The Balaban J connectivity index is 2.90. The van der Waals surface area contributed by atoms with Gasteiger partial charge < -0.3 is 5.21 Å². The van der Waals surface area contributed by atoms with Crippen molar-refractivity contribution >= 4 is 17.0 Å². The van der Waals surface area contributed by atoms with Gasteiger partial charge in [-0.3, -0.25) is 0 Å². The molecule has 9 heavy (non-hydrogen) atoms. The van der Waals surface area contributed by atoms with E-state index in [4.69, 9.17) is 5.21 Å². The molecule has 0 amide bonds. The molecule has 3 nitrogen and oxygen atoms in total. The minimum atomic E-state index is 0.552. The Morgan fingerprint density at radius 2 is 2.67 bits per heavy atom. The van der Waals surface area contributed by atoms with Crippen LogP contribution in [-0.4, -0.2) is 15.9 Å². The second-order valence-electron chi connectivity index (χ2n) is 1.56. The van der Waals surface area contributed by atoms with E-state index in [9.17, 15) is 0 Å². The third-order valence-corrected chi connectivity index (χ3v) is 1.54. The van der Waals surface area contributed by atoms with E-state index < -0.39 is 0 Å². The molecule has 1 N–H and O–H groups in total. The maximum absolute atomic E-state index is 8.26. The van der Waals surface area contributed by atoms with Gasteiger partial charge in [0.1, 0.15) is 5.71 Å². The van der Waals surface area contributed by atoms with Crippen molar-refractivity contribution in [2.24, 2.45) is 5.16 Å². The van der Waals surface area contributed by atoms with Crippen LogP contribution < -0.4 is 0 Å². The number of aromatic nitrogens is 1. The van der Waals surface area contributed by atoms with Gasteiger partial charge in [0, 0.05) is 5.38 Å². The molecule has 0 saturated heterocycles. The van der Waals surface area contributed by atoms with E-state index in [1.165, 1.54) is 11.3 Å². The van der Waals surface area contributed by atoms with Gasteiger partial charge in [0.15, 0.2) is 0 Å². The van der Waals surface area contributed by atoms with Crippen LogP contribution in [0.4, 0.5) is 0 Å². The van der Waals surface area contributed by atoms with E-state index in [-0.39, 0.29) is 0 Å². The van der Waals surface area contributed by atoms with E-state index in [1.807, 2.05) is 5.38 Å². The largest absolute Gasteiger partial charge is 0.411 e. The molecule has 1 heterocycles. The number of thiazole rings is 1. The molecule has 0 aromatic carbocycles. The average Bonchev–Trinajstić information content (AvgIpc) is 2.37. The number of oxime groups is 1. The van der Waals surface area contributed by atoms with Crippen LogP contribution in [0.3, 0.4) is 0 Å². The van der Waals surface area contributed by atoms with Gasteiger partial charge in [0.2, 0.25) is 0 Å². The van der Waals surface area contributed by atoms with Crippen molar-refractivity contribution < 1.29 is 5.21 Å². The lowest BCUT2D eigenvalue weighted by molar-refractivity contribution is 0.319. The van der Waals surface area contributed by atoms with Crippen LogP contribution in [0.1, 0.15) is 12.6 Å². The number of hydrogen-bond acceptors (Lipinski definition) is 4. The summed E-state index contributed by atoms with van der Waals surface area (Å²) in [6.07, 6.45) is 0. The zero-order valence-electron chi connectivity index (χ0n) is 4.90.